The van der Waals surface area contributed by atoms with Crippen LogP contribution in [0.1, 0.15) is 11.1 Å². The Morgan fingerprint density at radius 3 is 2.62 bits per heavy atom. The van der Waals surface area contributed by atoms with Gasteiger partial charge in [0.15, 0.2) is 5.82 Å². The van der Waals surface area contributed by atoms with E-state index in [0.717, 1.165) is 44.8 Å². The number of thioether (sulfide) groups is 1. The molecule has 0 bridgehead atoms. The van der Waals surface area contributed by atoms with Crippen LogP contribution in [0.4, 0.5) is 0 Å². The number of methoxy groups -OCH3 is 2. The van der Waals surface area contributed by atoms with E-state index in [1.165, 1.54) is 0 Å². The van der Waals surface area contributed by atoms with E-state index in [4.69, 9.17) is 14.6 Å². The molecule has 7 heteroatoms. The van der Waals surface area contributed by atoms with Crippen molar-refractivity contribution in [3.63, 3.8) is 0 Å². The van der Waals surface area contributed by atoms with E-state index in [1.807, 2.05) is 43.3 Å². The van der Waals surface area contributed by atoms with Gasteiger partial charge in [0.2, 0.25) is 5.16 Å². The summed E-state index contributed by atoms with van der Waals surface area (Å²) >= 11 is 1.62. The Kier molecular flexibility index (Phi) is 4.38. The van der Waals surface area contributed by atoms with Crippen molar-refractivity contribution in [1.29, 1.82) is 0 Å². The maximum absolute atomic E-state index is 5.46. The summed E-state index contributed by atoms with van der Waals surface area (Å²) < 4.78 is 12.7. The van der Waals surface area contributed by atoms with E-state index >= 15 is 0 Å². The fourth-order valence-electron chi connectivity index (χ4n) is 2.87. The molecule has 0 saturated carbocycles. The smallest absolute Gasteiger partial charge is 0.212 e. The van der Waals surface area contributed by atoms with Crippen molar-refractivity contribution in [2.45, 2.75) is 12.1 Å². The van der Waals surface area contributed by atoms with Crippen molar-refractivity contribution >= 4 is 17.5 Å². The molecule has 0 N–H and O–H groups in total. The highest BCUT2D eigenvalue weighted by atomic mass is 32.2. The van der Waals surface area contributed by atoms with Crippen LogP contribution >= 0.6 is 11.8 Å². The van der Waals surface area contributed by atoms with Crippen LogP contribution < -0.4 is 9.47 Å². The second kappa shape index (κ2) is 6.84. The van der Waals surface area contributed by atoms with Crippen LogP contribution in [0.5, 0.6) is 11.5 Å². The summed E-state index contributed by atoms with van der Waals surface area (Å²) in [6.45, 7) is 2.03. The lowest BCUT2D eigenvalue weighted by Crippen LogP contribution is -2.14. The number of aryl methyl sites for hydroxylation is 1. The van der Waals surface area contributed by atoms with E-state index in [2.05, 4.69) is 16.3 Å². The number of benzene rings is 2. The van der Waals surface area contributed by atoms with E-state index in [9.17, 15) is 0 Å². The summed E-state index contributed by atoms with van der Waals surface area (Å²) in [6.07, 6.45) is 0. The summed E-state index contributed by atoms with van der Waals surface area (Å²) in [6, 6.07) is 13.9. The van der Waals surface area contributed by atoms with Gasteiger partial charge in [0.1, 0.15) is 11.5 Å². The highest BCUT2D eigenvalue weighted by molar-refractivity contribution is 7.99. The Hall–Kier alpha value is -2.80. The second-order valence-electron chi connectivity index (χ2n) is 5.84. The number of hydrogen-bond donors (Lipinski definition) is 0. The van der Waals surface area contributed by atoms with Gasteiger partial charge >= 0.3 is 0 Å². The maximum atomic E-state index is 5.46. The third kappa shape index (κ3) is 2.84. The van der Waals surface area contributed by atoms with Gasteiger partial charge in [-0.25, -0.2) is 0 Å². The molecule has 0 spiro atoms. The van der Waals surface area contributed by atoms with Gasteiger partial charge in [-0.3, -0.25) is 0 Å². The average Bonchev–Trinajstić information content (AvgIpc) is 3.11. The van der Waals surface area contributed by atoms with Crippen LogP contribution in [0.2, 0.25) is 0 Å². The summed E-state index contributed by atoms with van der Waals surface area (Å²) in [7, 11) is 3.33. The van der Waals surface area contributed by atoms with E-state index in [1.54, 1.807) is 30.7 Å². The third-order valence-corrected chi connectivity index (χ3v) is 5.19. The number of para-hydroxylation sites is 1. The quantitative estimate of drug-likeness (QED) is 0.706. The number of rotatable bonds is 4. The Morgan fingerprint density at radius 1 is 1.00 bits per heavy atom. The lowest BCUT2D eigenvalue weighted by molar-refractivity contribution is 0.411. The first-order chi connectivity index (χ1) is 12.7. The van der Waals surface area contributed by atoms with Crippen LogP contribution in [0.15, 0.2) is 52.7 Å². The normalized spacial score (nSPS) is 13.1. The summed E-state index contributed by atoms with van der Waals surface area (Å²) in [5, 5.41) is 14.2. The molecule has 26 heavy (non-hydrogen) atoms. The molecule has 6 nitrogen and oxygen atoms in total. The first-order valence-corrected chi connectivity index (χ1v) is 9.14. The van der Waals surface area contributed by atoms with Crippen molar-refractivity contribution in [3.8, 4) is 22.9 Å². The number of nitrogens with zero attached hydrogens (tertiary/aromatic N) is 4. The number of ether oxygens (including phenoxy) is 2. The molecule has 0 saturated heterocycles. The van der Waals surface area contributed by atoms with Gasteiger partial charge in [-0.15, -0.1) is 10.2 Å². The molecule has 2 aromatic carbocycles. The summed E-state index contributed by atoms with van der Waals surface area (Å²) in [5.41, 5.74) is 3.95. The van der Waals surface area contributed by atoms with Gasteiger partial charge in [-0.2, -0.15) is 9.78 Å². The SMILES string of the molecule is COc1cc(C2=Nn3c(nnc3-c3ccccc3OC)SC2)ccc1C. The molecular weight excluding hydrogens is 348 g/mol. The van der Waals surface area contributed by atoms with Crippen LogP contribution in [0.25, 0.3) is 11.4 Å². The molecule has 132 valence electrons. The summed E-state index contributed by atoms with van der Waals surface area (Å²) in [5.74, 6) is 3.00. The standard InChI is InChI=1S/C19H18N4O2S/c1-12-8-9-13(10-17(12)25-3)15-11-26-19-21-20-18(23(19)22-15)14-6-4-5-7-16(14)24-2/h4-10H,11H2,1-3H3. The van der Waals surface area contributed by atoms with Gasteiger partial charge in [0.05, 0.1) is 25.5 Å². The highest BCUT2D eigenvalue weighted by Crippen LogP contribution is 2.33. The molecule has 0 fully saturated rings. The van der Waals surface area contributed by atoms with Crippen molar-refractivity contribution in [1.82, 2.24) is 14.9 Å². The lowest BCUT2D eigenvalue weighted by atomic mass is 10.1. The molecule has 4 rings (SSSR count). The predicted octanol–water partition coefficient (Wildman–Crippen LogP) is 3.63. The third-order valence-electron chi connectivity index (χ3n) is 4.26. The number of aromatic nitrogens is 3. The zero-order chi connectivity index (χ0) is 18.1. The first-order valence-electron chi connectivity index (χ1n) is 8.15. The zero-order valence-electron chi connectivity index (χ0n) is 14.8. The predicted molar refractivity (Wildman–Crippen MR) is 102 cm³/mol. The van der Waals surface area contributed by atoms with Gasteiger partial charge in [0.25, 0.3) is 0 Å². The molecule has 0 radical (unpaired) electrons. The fourth-order valence-corrected chi connectivity index (χ4v) is 3.70. The molecule has 1 aromatic heterocycles. The molecule has 0 amide bonds. The molecule has 1 aliphatic rings. The zero-order valence-corrected chi connectivity index (χ0v) is 15.6. The van der Waals surface area contributed by atoms with E-state index in [-0.39, 0.29) is 0 Å². The van der Waals surface area contributed by atoms with Crippen molar-refractivity contribution in [2.75, 3.05) is 20.0 Å². The van der Waals surface area contributed by atoms with Crippen LogP contribution in [-0.2, 0) is 0 Å². The minimum atomic E-state index is 0.668. The molecule has 0 unspecified atom stereocenters. The first kappa shape index (κ1) is 16.7. The number of fused-ring (bicyclic) bond motifs is 1. The molecule has 2 heterocycles. The molecule has 1 aliphatic heterocycles. The van der Waals surface area contributed by atoms with Gasteiger partial charge < -0.3 is 9.47 Å². The molecule has 3 aromatic rings. The fraction of sp³-hybridized carbons (Fsp3) is 0.211. The summed E-state index contributed by atoms with van der Waals surface area (Å²) in [4.78, 5) is 0. The van der Waals surface area contributed by atoms with Gasteiger partial charge in [-0.1, -0.05) is 36.0 Å². The Morgan fingerprint density at radius 2 is 1.81 bits per heavy atom. The van der Waals surface area contributed by atoms with Crippen LogP contribution in [-0.4, -0.2) is 40.6 Å². The highest BCUT2D eigenvalue weighted by Gasteiger charge is 2.22. The lowest BCUT2D eigenvalue weighted by Gasteiger charge is -2.15. The molecule has 0 atom stereocenters. The van der Waals surface area contributed by atoms with Gasteiger partial charge in [-0.05, 0) is 30.7 Å². The number of hydrogen-bond acceptors (Lipinski definition) is 6. The molecule has 0 aliphatic carbocycles. The Bertz CT molecular complexity index is 997. The maximum Gasteiger partial charge on any atom is 0.212 e. The van der Waals surface area contributed by atoms with Gasteiger partial charge in [0, 0.05) is 11.3 Å². The molecular formula is C19H18N4O2S. The van der Waals surface area contributed by atoms with E-state index < -0.39 is 0 Å². The largest absolute Gasteiger partial charge is 0.496 e. The average molecular weight is 366 g/mol. The minimum absolute atomic E-state index is 0.668. The second-order valence-corrected chi connectivity index (χ2v) is 6.78. The van der Waals surface area contributed by atoms with Crippen molar-refractivity contribution in [3.05, 3.63) is 53.6 Å². The minimum Gasteiger partial charge on any atom is -0.496 e. The Labute approximate surface area is 155 Å². The van der Waals surface area contributed by atoms with Crippen LogP contribution in [0.3, 0.4) is 0 Å². The van der Waals surface area contributed by atoms with Crippen LogP contribution in [0, 0.1) is 6.92 Å². The van der Waals surface area contributed by atoms with Crippen molar-refractivity contribution < 1.29 is 9.47 Å². The van der Waals surface area contributed by atoms with E-state index in [0.29, 0.717) is 5.82 Å². The Balaban J connectivity index is 1.80. The van der Waals surface area contributed by atoms with Crippen molar-refractivity contribution in [2.24, 2.45) is 5.10 Å². The topological polar surface area (TPSA) is 61.5 Å². The monoisotopic (exact) mass is 366 g/mol.